The van der Waals surface area contributed by atoms with Gasteiger partial charge in [-0.3, -0.25) is 4.99 Å². The van der Waals surface area contributed by atoms with Crippen LogP contribution in [0.1, 0.15) is 46.0 Å². The van der Waals surface area contributed by atoms with Gasteiger partial charge in [0, 0.05) is 42.3 Å². The molecule has 0 bridgehead atoms. The molecular formula is C17H32IN3OS. The summed E-state index contributed by atoms with van der Waals surface area (Å²) in [5, 5.41) is 8.17. The maximum atomic E-state index is 5.89. The monoisotopic (exact) mass is 453 g/mol. The summed E-state index contributed by atoms with van der Waals surface area (Å²) in [6.45, 7) is 5.55. The maximum Gasteiger partial charge on any atom is 0.191 e. The predicted molar refractivity (Wildman–Crippen MR) is 110 cm³/mol. The Bertz CT molecular complexity index is 432. The van der Waals surface area contributed by atoms with E-state index < -0.39 is 0 Å². The summed E-state index contributed by atoms with van der Waals surface area (Å²) < 4.78 is 5.89. The molecule has 2 N–H and O–H groups in total. The van der Waals surface area contributed by atoms with Crippen LogP contribution in [-0.2, 0) is 4.74 Å². The summed E-state index contributed by atoms with van der Waals surface area (Å²) in [4.78, 5) is 4.48. The largest absolute Gasteiger partial charge is 0.377 e. The first kappa shape index (κ1) is 19.6. The van der Waals surface area contributed by atoms with Crippen LogP contribution in [0.4, 0.5) is 0 Å². The van der Waals surface area contributed by atoms with Gasteiger partial charge < -0.3 is 15.4 Å². The molecule has 134 valence electrons. The zero-order valence-electron chi connectivity index (χ0n) is 14.8. The summed E-state index contributed by atoms with van der Waals surface area (Å²) >= 11 is 2.01. The molecule has 6 heteroatoms. The van der Waals surface area contributed by atoms with Crippen LogP contribution in [0.25, 0.3) is 0 Å². The van der Waals surface area contributed by atoms with E-state index >= 15 is 0 Å². The fraction of sp³-hybridized carbons (Fsp3) is 0.941. The lowest BCUT2D eigenvalue weighted by molar-refractivity contribution is -0.106. The van der Waals surface area contributed by atoms with Crippen LogP contribution in [0.5, 0.6) is 0 Å². The molecule has 0 spiro atoms. The molecule has 3 aliphatic rings. The van der Waals surface area contributed by atoms with Gasteiger partial charge in [-0.25, -0.2) is 0 Å². The van der Waals surface area contributed by atoms with Crippen molar-refractivity contribution in [3.05, 3.63) is 0 Å². The zero-order valence-corrected chi connectivity index (χ0v) is 17.9. The fourth-order valence-corrected chi connectivity index (χ4v) is 5.45. The molecule has 1 aliphatic heterocycles. The molecular weight excluding hydrogens is 421 g/mol. The number of aliphatic imine (C=N–C) groups is 1. The molecule has 0 aromatic heterocycles. The Hall–Kier alpha value is 0.310. The van der Waals surface area contributed by atoms with Crippen molar-refractivity contribution >= 4 is 41.7 Å². The summed E-state index contributed by atoms with van der Waals surface area (Å²) in [6.07, 6.45) is 9.05. The van der Waals surface area contributed by atoms with Gasteiger partial charge in [-0.1, -0.05) is 20.3 Å². The van der Waals surface area contributed by atoms with Gasteiger partial charge in [0.1, 0.15) is 0 Å². The van der Waals surface area contributed by atoms with E-state index in [9.17, 15) is 0 Å². The third-order valence-electron chi connectivity index (χ3n) is 5.92. The van der Waals surface area contributed by atoms with Crippen LogP contribution in [0.3, 0.4) is 0 Å². The number of nitrogens with one attached hydrogen (secondary N) is 2. The second-order valence-corrected chi connectivity index (χ2v) is 8.76. The highest BCUT2D eigenvalue weighted by atomic mass is 127. The van der Waals surface area contributed by atoms with Crippen LogP contribution in [0.2, 0.25) is 0 Å². The first-order valence-electron chi connectivity index (χ1n) is 8.70. The average Bonchev–Trinajstić information content (AvgIpc) is 2.98. The number of halogens is 1. The van der Waals surface area contributed by atoms with E-state index in [1.165, 1.54) is 32.1 Å². The Labute approximate surface area is 162 Å². The SMILES string of the molecule is CN=C(NC1CCCC(SC)C1)NC1C2CCOC2C1(C)C.I. The van der Waals surface area contributed by atoms with E-state index in [2.05, 4.69) is 35.7 Å². The van der Waals surface area contributed by atoms with Gasteiger partial charge in [-0.05, 0) is 31.9 Å². The van der Waals surface area contributed by atoms with Crippen molar-refractivity contribution in [1.29, 1.82) is 0 Å². The molecule has 23 heavy (non-hydrogen) atoms. The van der Waals surface area contributed by atoms with Gasteiger partial charge in [-0.2, -0.15) is 11.8 Å². The van der Waals surface area contributed by atoms with Crippen molar-refractivity contribution < 1.29 is 4.74 Å². The number of ether oxygens (including phenoxy) is 1. The third kappa shape index (κ3) is 3.94. The molecule has 3 rings (SSSR count). The van der Waals surface area contributed by atoms with Crippen LogP contribution in [-0.4, -0.2) is 49.3 Å². The molecule has 0 amide bonds. The Morgan fingerprint density at radius 2 is 2.00 bits per heavy atom. The topological polar surface area (TPSA) is 45.7 Å². The van der Waals surface area contributed by atoms with E-state index in [1.807, 2.05) is 18.8 Å². The first-order chi connectivity index (χ1) is 10.6. The van der Waals surface area contributed by atoms with Crippen LogP contribution < -0.4 is 10.6 Å². The van der Waals surface area contributed by atoms with Crippen LogP contribution in [0, 0.1) is 11.3 Å². The summed E-state index contributed by atoms with van der Waals surface area (Å²) in [5.74, 6) is 1.63. The zero-order chi connectivity index (χ0) is 15.7. The van der Waals surface area contributed by atoms with Crippen molar-refractivity contribution in [2.24, 2.45) is 16.3 Å². The van der Waals surface area contributed by atoms with Crippen molar-refractivity contribution in [3.63, 3.8) is 0 Å². The number of fused-ring (bicyclic) bond motifs is 1. The van der Waals surface area contributed by atoms with Crippen molar-refractivity contribution in [2.75, 3.05) is 19.9 Å². The molecule has 3 fully saturated rings. The van der Waals surface area contributed by atoms with Crippen LogP contribution >= 0.6 is 35.7 Å². The van der Waals surface area contributed by atoms with Gasteiger partial charge in [0.05, 0.1) is 6.10 Å². The number of nitrogens with zero attached hydrogens (tertiary/aromatic N) is 1. The Kier molecular flexibility index (Phi) is 6.94. The Balaban J connectivity index is 0.00000192. The van der Waals surface area contributed by atoms with Gasteiger partial charge in [0.2, 0.25) is 0 Å². The maximum absolute atomic E-state index is 5.89. The number of guanidine groups is 1. The number of hydrogen-bond acceptors (Lipinski definition) is 3. The summed E-state index contributed by atoms with van der Waals surface area (Å²) in [7, 11) is 1.89. The Morgan fingerprint density at radius 3 is 2.70 bits per heavy atom. The second-order valence-electron chi connectivity index (χ2n) is 7.63. The summed E-state index contributed by atoms with van der Waals surface area (Å²) in [5.41, 5.74) is 0.202. The molecule has 2 saturated carbocycles. The highest BCUT2D eigenvalue weighted by Crippen LogP contribution is 2.52. The minimum atomic E-state index is 0. The highest BCUT2D eigenvalue weighted by molar-refractivity contribution is 14.0. The molecule has 1 saturated heterocycles. The minimum absolute atomic E-state index is 0. The van der Waals surface area contributed by atoms with E-state index in [4.69, 9.17) is 4.74 Å². The Morgan fingerprint density at radius 1 is 1.22 bits per heavy atom. The average molecular weight is 453 g/mol. The lowest BCUT2D eigenvalue weighted by Gasteiger charge is -2.55. The smallest absolute Gasteiger partial charge is 0.191 e. The molecule has 0 aromatic carbocycles. The number of rotatable bonds is 3. The number of hydrogen-bond donors (Lipinski definition) is 2. The van der Waals surface area contributed by atoms with E-state index in [0.29, 0.717) is 24.1 Å². The highest BCUT2D eigenvalue weighted by Gasteiger charge is 2.59. The third-order valence-corrected chi connectivity index (χ3v) is 7.01. The summed E-state index contributed by atoms with van der Waals surface area (Å²) in [6, 6.07) is 1.04. The lowest BCUT2D eigenvalue weighted by atomic mass is 9.57. The quantitative estimate of drug-likeness (QED) is 0.391. The van der Waals surface area contributed by atoms with Gasteiger partial charge in [0.15, 0.2) is 5.96 Å². The molecule has 2 aliphatic carbocycles. The van der Waals surface area contributed by atoms with Gasteiger partial charge in [-0.15, -0.1) is 24.0 Å². The minimum Gasteiger partial charge on any atom is -0.377 e. The molecule has 0 aromatic rings. The second kappa shape index (κ2) is 8.13. The molecule has 0 radical (unpaired) electrons. The standard InChI is InChI=1S/C17H31N3OS.HI/c1-17(2)14(13-8-9-21-15(13)17)20-16(18-3)19-11-6-5-7-12(10-11)22-4;/h11-15H,5-10H2,1-4H3,(H2,18,19,20);1H. The molecule has 5 unspecified atom stereocenters. The van der Waals surface area contributed by atoms with Crippen LogP contribution in [0.15, 0.2) is 4.99 Å². The lowest BCUT2D eigenvalue weighted by Crippen LogP contribution is -2.68. The van der Waals surface area contributed by atoms with Gasteiger partial charge >= 0.3 is 0 Å². The van der Waals surface area contributed by atoms with Crippen molar-refractivity contribution in [1.82, 2.24) is 10.6 Å². The number of thioether (sulfide) groups is 1. The predicted octanol–water partition coefficient (Wildman–Crippen LogP) is 3.26. The molecule has 5 atom stereocenters. The van der Waals surface area contributed by atoms with E-state index in [-0.39, 0.29) is 29.4 Å². The molecule has 4 nitrogen and oxygen atoms in total. The van der Waals surface area contributed by atoms with Gasteiger partial charge in [0.25, 0.3) is 0 Å². The first-order valence-corrected chi connectivity index (χ1v) is 9.99. The van der Waals surface area contributed by atoms with Crippen molar-refractivity contribution in [2.45, 2.75) is 69.4 Å². The van der Waals surface area contributed by atoms with E-state index in [0.717, 1.165) is 17.8 Å². The normalized spacial score (nSPS) is 39.0. The van der Waals surface area contributed by atoms with E-state index in [1.54, 1.807) is 0 Å². The fourth-order valence-electron chi connectivity index (χ4n) is 4.62. The molecule has 1 heterocycles. The van der Waals surface area contributed by atoms with Crippen molar-refractivity contribution in [3.8, 4) is 0 Å².